The lowest BCUT2D eigenvalue weighted by Gasteiger charge is -2.28. The number of alkyl carbamates (subject to hydrolysis) is 1. The Kier molecular flexibility index (Phi) is 10.0. The molecule has 2 N–H and O–H groups in total. The molecule has 0 heterocycles. The predicted octanol–water partition coefficient (Wildman–Crippen LogP) is 6.97. The number of benzene rings is 5. The molecule has 0 saturated heterocycles. The first kappa shape index (κ1) is 29.0. The average molecular weight is 572 g/mol. The minimum Gasteiger partial charge on any atom is -0.489 e. The Morgan fingerprint density at radius 3 is 1.60 bits per heavy atom. The summed E-state index contributed by atoms with van der Waals surface area (Å²) in [5.74, 6) is 0.317. The molecule has 0 aliphatic rings. The van der Waals surface area contributed by atoms with E-state index < -0.39 is 18.0 Å². The molecule has 216 valence electrons. The van der Waals surface area contributed by atoms with E-state index in [1.807, 2.05) is 146 Å². The molecule has 0 aromatic heterocycles. The molecule has 0 unspecified atom stereocenters. The first-order chi connectivity index (χ1) is 21.1. The highest BCUT2D eigenvalue weighted by Crippen LogP contribution is 2.23. The summed E-state index contributed by atoms with van der Waals surface area (Å²) in [5, 5.41) is 4.48. The molecule has 0 bridgehead atoms. The zero-order valence-electron chi connectivity index (χ0n) is 23.6. The first-order valence-electron chi connectivity index (χ1n) is 14.1. The van der Waals surface area contributed by atoms with Gasteiger partial charge in [-0.05, 0) is 53.1 Å². The maximum atomic E-state index is 13.8. The van der Waals surface area contributed by atoms with Crippen LogP contribution in [0.3, 0.4) is 0 Å². The van der Waals surface area contributed by atoms with Crippen LogP contribution in [0.1, 0.15) is 16.7 Å². The lowest BCUT2D eigenvalue weighted by atomic mass is 10.1. The van der Waals surface area contributed by atoms with Gasteiger partial charge in [0.25, 0.3) is 5.91 Å². The SMILES string of the molecule is O=C(N[C@H](Cc1ccc(OCc2ccccc2)cc1)C(=O)NN(c1ccccc1)c1ccccc1)OCc1ccccc1. The number of hydrazine groups is 1. The molecular weight excluding hydrogens is 538 g/mol. The van der Waals surface area contributed by atoms with Crippen molar-refractivity contribution in [2.24, 2.45) is 0 Å². The number of rotatable bonds is 12. The molecule has 1 atom stereocenters. The summed E-state index contributed by atoms with van der Waals surface area (Å²) in [6.45, 7) is 0.545. The third-order valence-electron chi connectivity index (χ3n) is 6.68. The Hall–Kier alpha value is -5.56. The molecule has 0 radical (unpaired) electrons. The van der Waals surface area contributed by atoms with Crippen molar-refractivity contribution >= 4 is 23.4 Å². The van der Waals surface area contributed by atoms with Crippen LogP contribution < -0.4 is 20.5 Å². The number of para-hydroxylation sites is 2. The van der Waals surface area contributed by atoms with E-state index >= 15 is 0 Å². The van der Waals surface area contributed by atoms with Gasteiger partial charge in [0.2, 0.25) is 0 Å². The third kappa shape index (κ3) is 8.71. The van der Waals surface area contributed by atoms with Crippen molar-refractivity contribution in [1.82, 2.24) is 10.7 Å². The van der Waals surface area contributed by atoms with E-state index in [0.717, 1.165) is 28.1 Å². The highest BCUT2D eigenvalue weighted by atomic mass is 16.5. The number of hydrogen-bond acceptors (Lipinski definition) is 5. The smallest absolute Gasteiger partial charge is 0.408 e. The number of carbonyl (C=O) groups excluding carboxylic acids is 2. The minimum atomic E-state index is -0.922. The summed E-state index contributed by atoms with van der Waals surface area (Å²) in [5.41, 5.74) is 7.31. The maximum Gasteiger partial charge on any atom is 0.408 e. The molecule has 7 nitrogen and oxygen atoms in total. The van der Waals surface area contributed by atoms with Gasteiger partial charge in [-0.15, -0.1) is 0 Å². The summed E-state index contributed by atoms with van der Waals surface area (Å²) < 4.78 is 11.4. The summed E-state index contributed by atoms with van der Waals surface area (Å²) in [7, 11) is 0. The van der Waals surface area contributed by atoms with E-state index in [2.05, 4.69) is 10.7 Å². The quantitative estimate of drug-likeness (QED) is 0.158. The molecule has 5 aromatic carbocycles. The maximum absolute atomic E-state index is 13.8. The summed E-state index contributed by atoms with van der Waals surface area (Å²) >= 11 is 0. The fourth-order valence-electron chi connectivity index (χ4n) is 4.44. The van der Waals surface area contributed by atoms with Gasteiger partial charge < -0.3 is 14.8 Å². The van der Waals surface area contributed by atoms with Crippen molar-refractivity contribution in [3.63, 3.8) is 0 Å². The minimum absolute atomic E-state index is 0.0919. The van der Waals surface area contributed by atoms with Gasteiger partial charge in [-0.25, -0.2) is 4.79 Å². The van der Waals surface area contributed by atoms with Crippen molar-refractivity contribution in [3.8, 4) is 5.75 Å². The molecule has 0 fully saturated rings. The second kappa shape index (κ2) is 14.9. The molecule has 0 spiro atoms. The normalized spacial score (nSPS) is 11.2. The fraction of sp³-hybridized carbons (Fsp3) is 0.111. The van der Waals surface area contributed by atoms with Crippen LogP contribution in [0, 0.1) is 0 Å². The molecule has 0 aliphatic heterocycles. The van der Waals surface area contributed by atoms with Crippen LogP contribution in [0.4, 0.5) is 16.2 Å². The van der Waals surface area contributed by atoms with Gasteiger partial charge in [0.15, 0.2) is 0 Å². The number of nitrogens with one attached hydrogen (secondary N) is 2. The lowest BCUT2D eigenvalue weighted by molar-refractivity contribution is -0.123. The zero-order chi connectivity index (χ0) is 29.7. The molecule has 5 rings (SSSR count). The second-order valence-corrected chi connectivity index (χ2v) is 9.86. The topological polar surface area (TPSA) is 79.9 Å². The zero-order valence-corrected chi connectivity index (χ0v) is 23.6. The highest BCUT2D eigenvalue weighted by molar-refractivity contribution is 5.88. The van der Waals surface area contributed by atoms with Crippen molar-refractivity contribution in [3.05, 3.63) is 162 Å². The molecule has 0 aliphatic carbocycles. The van der Waals surface area contributed by atoms with Gasteiger partial charge in [-0.3, -0.25) is 15.2 Å². The molecule has 5 aromatic rings. The van der Waals surface area contributed by atoms with Crippen LogP contribution in [0.5, 0.6) is 5.75 Å². The van der Waals surface area contributed by atoms with E-state index in [4.69, 9.17) is 9.47 Å². The highest BCUT2D eigenvalue weighted by Gasteiger charge is 2.25. The van der Waals surface area contributed by atoms with Gasteiger partial charge >= 0.3 is 6.09 Å². The van der Waals surface area contributed by atoms with Gasteiger partial charge in [-0.1, -0.05) is 109 Å². The average Bonchev–Trinajstić information content (AvgIpc) is 3.07. The van der Waals surface area contributed by atoms with Crippen molar-refractivity contribution < 1.29 is 19.1 Å². The van der Waals surface area contributed by atoms with Crippen LogP contribution in [-0.2, 0) is 29.2 Å². The van der Waals surface area contributed by atoms with Crippen LogP contribution in [0.15, 0.2) is 146 Å². The number of nitrogens with zero attached hydrogens (tertiary/aromatic N) is 1. The van der Waals surface area contributed by atoms with Gasteiger partial charge in [0.1, 0.15) is 25.0 Å². The van der Waals surface area contributed by atoms with E-state index in [1.54, 1.807) is 5.01 Å². The predicted molar refractivity (Wildman–Crippen MR) is 168 cm³/mol. The Morgan fingerprint density at radius 1 is 0.581 bits per heavy atom. The standard InChI is InChI=1S/C36H33N3O4/c40-35(38-39(31-17-9-3-10-18-31)32-19-11-4-12-20-32)34(37-36(41)43-27-30-15-7-2-8-16-30)25-28-21-23-33(24-22-28)42-26-29-13-5-1-6-14-29/h1-24,34H,25-27H2,(H,37,41)(H,38,40)/t34-/m1/s1. The van der Waals surface area contributed by atoms with Crippen molar-refractivity contribution in [1.29, 1.82) is 0 Å². The lowest BCUT2D eigenvalue weighted by Crippen LogP contribution is -2.52. The molecular formula is C36H33N3O4. The van der Waals surface area contributed by atoms with E-state index in [1.165, 1.54) is 0 Å². The van der Waals surface area contributed by atoms with Gasteiger partial charge in [0, 0.05) is 6.42 Å². The van der Waals surface area contributed by atoms with Gasteiger partial charge in [-0.2, -0.15) is 0 Å². The van der Waals surface area contributed by atoms with Crippen LogP contribution in [0.2, 0.25) is 0 Å². The van der Waals surface area contributed by atoms with E-state index in [9.17, 15) is 9.59 Å². The molecule has 43 heavy (non-hydrogen) atoms. The number of amides is 2. The summed E-state index contributed by atoms with van der Waals surface area (Å²) in [6, 6.07) is 44.9. The van der Waals surface area contributed by atoms with Crippen molar-refractivity contribution in [2.75, 3.05) is 5.01 Å². The monoisotopic (exact) mass is 571 g/mol. The summed E-state index contributed by atoms with van der Waals surface area (Å²) in [6.07, 6.45) is -0.444. The number of hydrogen-bond donors (Lipinski definition) is 2. The van der Waals surface area contributed by atoms with Crippen LogP contribution in [-0.4, -0.2) is 18.0 Å². The third-order valence-corrected chi connectivity index (χ3v) is 6.68. The largest absolute Gasteiger partial charge is 0.489 e. The number of carbonyl (C=O) groups is 2. The Morgan fingerprint density at radius 2 is 1.07 bits per heavy atom. The molecule has 0 saturated carbocycles. The van der Waals surface area contributed by atoms with Crippen molar-refractivity contribution in [2.45, 2.75) is 25.7 Å². The van der Waals surface area contributed by atoms with Crippen LogP contribution >= 0.6 is 0 Å². The number of anilines is 2. The van der Waals surface area contributed by atoms with Crippen LogP contribution in [0.25, 0.3) is 0 Å². The van der Waals surface area contributed by atoms with E-state index in [-0.39, 0.29) is 13.0 Å². The van der Waals surface area contributed by atoms with Gasteiger partial charge in [0.05, 0.1) is 11.4 Å². The Bertz CT molecular complexity index is 1530. The Labute approximate surface area is 251 Å². The Balaban J connectivity index is 1.31. The second-order valence-electron chi connectivity index (χ2n) is 9.86. The molecule has 7 heteroatoms. The number of ether oxygens (including phenoxy) is 2. The molecule has 2 amide bonds. The fourth-order valence-corrected chi connectivity index (χ4v) is 4.44. The van der Waals surface area contributed by atoms with E-state index in [0.29, 0.717) is 12.4 Å². The summed E-state index contributed by atoms with van der Waals surface area (Å²) in [4.78, 5) is 26.7. The first-order valence-corrected chi connectivity index (χ1v) is 14.1.